The molecule has 0 saturated heterocycles. The molecule has 2 aromatic heterocycles. The highest BCUT2D eigenvalue weighted by Gasteiger charge is 2.07. The fourth-order valence-electron chi connectivity index (χ4n) is 2.50. The van der Waals surface area contributed by atoms with Crippen molar-refractivity contribution in [1.82, 2.24) is 25.2 Å². The maximum atomic E-state index is 4.65. The number of benzene rings is 1. The van der Waals surface area contributed by atoms with Crippen LogP contribution in [-0.4, -0.2) is 38.9 Å². The number of thioether (sulfide) groups is 1. The standard InChI is InChI=1S/C19H24N6S.HI/c1-3-20-19(21-13-15(2)26-16-9-5-4-6-10-16)22-14-18-24-23-17-11-7-8-12-25(17)18;/h4-12,15H,3,13-14H2,1-2H3,(H2,20,21,22);1H. The van der Waals surface area contributed by atoms with Gasteiger partial charge in [0, 0.05) is 29.4 Å². The van der Waals surface area contributed by atoms with Crippen LogP contribution >= 0.6 is 35.7 Å². The first kappa shape index (κ1) is 21.5. The number of fused-ring (bicyclic) bond motifs is 1. The Labute approximate surface area is 181 Å². The van der Waals surface area contributed by atoms with Crippen LogP contribution in [0.5, 0.6) is 0 Å². The number of nitrogens with zero attached hydrogens (tertiary/aromatic N) is 4. The zero-order chi connectivity index (χ0) is 18.2. The first-order valence-corrected chi connectivity index (χ1v) is 9.66. The molecule has 0 aliphatic carbocycles. The number of guanidine groups is 1. The van der Waals surface area contributed by atoms with Crippen LogP contribution in [0.2, 0.25) is 0 Å². The Morgan fingerprint density at radius 2 is 1.89 bits per heavy atom. The summed E-state index contributed by atoms with van der Waals surface area (Å²) in [5.74, 6) is 1.62. The molecular weight excluding hydrogens is 471 g/mol. The molecule has 2 N–H and O–H groups in total. The van der Waals surface area contributed by atoms with Crippen molar-refractivity contribution in [3.63, 3.8) is 0 Å². The Hall–Kier alpha value is -1.81. The molecule has 0 radical (unpaired) electrons. The molecule has 144 valence electrons. The van der Waals surface area contributed by atoms with Crippen LogP contribution in [0.1, 0.15) is 19.7 Å². The summed E-state index contributed by atoms with van der Waals surface area (Å²) in [6.45, 7) is 6.38. The molecular formula is C19H25IN6S. The Morgan fingerprint density at radius 1 is 1.11 bits per heavy atom. The molecule has 0 fully saturated rings. The van der Waals surface area contributed by atoms with Crippen molar-refractivity contribution in [2.75, 3.05) is 13.1 Å². The van der Waals surface area contributed by atoms with Gasteiger partial charge >= 0.3 is 0 Å². The van der Waals surface area contributed by atoms with Crippen molar-refractivity contribution in [3.05, 3.63) is 60.6 Å². The molecule has 0 aliphatic rings. The summed E-state index contributed by atoms with van der Waals surface area (Å²) in [4.78, 5) is 5.92. The van der Waals surface area contributed by atoms with Gasteiger partial charge in [-0.3, -0.25) is 4.40 Å². The molecule has 0 saturated carbocycles. The van der Waals surface area contributed by atoms with Crippen molar-refractivity contribution in [2.24, 2.45) is 4.99 Å². The van der Waals surface area contributed by atoms with Gasteiger partial charge < -0.3 is 10.6 Å². The molecule has 27 heavy (non-hydrogen) atoms. The van der Waals surface area contributed by atoms with E-state index in [1.807, 2.05) is 46.6 Å². The SMILES string of the molecule is CCNC(=NCc1nnc2ccccn12)NCC(C)Sc1ccccc1.I. The third-order valence-electron chi connectivity index (χ3n) is 3.74. The molecule has 1 unspecified atom stereocenters. The highest BCUT2D eigenvalue weighted by Crippen LogP contribution is 2.21. The number of pyridine rings is 1. The van der Waals surface area contributed by atoms with E-state index in [0.29, 0.717) is 11.8 Å². The van der Waals surface area contributed by atoms with Gasteiger partial charge in [0.05, 0.1) is 0 Å². The normalized spacial score (nSPS) is 12.4. The molecule has 3 aromatic rings. The van der Waals surface area contributed by atoms with Gasteiger partial charge in [0.2, 0.25) is 0 Å². The summed E-state index contributed by atoms with van der Waals surface area (Å²) in [7, 11) is 0. The van der Waals surface area contributed by atoms with Crippen molar-refractivity contribution >= 4 is 47.3 Å². The fraction of sp³-hybridized carbons (Fsp3) is 0.316. The monoisotopic (exact) mass is 496 g/mol. The summed E-state index contributed by atoms with van der Waals surface area (Å²) < 4.78 is 1.96. The molecule has 3 rings (SSSR count). The van der Waals surface area contributed by atoms with E-state index in [9.17, 15) is 0 Å². The second kappa shape index (κ2) is 11.1. The quantitative estimate of drug-likeness (QED) is 0.227. The van der Waals surface area contributed by atoms with Crippen molar-refractivity contribution in [3.8, 4) is 0 Å². The lowest BCUT2D eigenvalue weighted by Gasteiger charge is -2.15. The number of aromatic nitrogens is 3. The van der Waals surface area contributed by atoms with E-state index in [2.05, 4.69) is 63.9 Å². The zero-order valence-corrected chi connectivity index (χ0v) is 18.6. The van der Waals surface area contributed by atoms with E-state index >= 15 is 0 Å². The number of hydrogen-bond acceptors (Lipinski definition) is 4. The minimum atomic E-state index is 0. The Balaban J connectivity index is 0.00000261. The average molecular weight is 496 g/mol. The van der Waals surface area contributed by atoms with Gasteiger partial charge in [0.1, 0.15) is 6.54 Å². The predicted molar refractivity (Wildman–Crippen MR) is 123 cm³/mol. The lowest BCUT2D eigenvalue weighted by atomic mass is 10.4. The number of hydrogen-bond donors (Lipinski definition) is 2. The van der Waals surface area contributed by atoms with E-state index in [-0.39, 0.29) is 24.0 Å². The van der Waals surface area contributed by atoms with E-state index in [0.717, 1.165) is 30.5 Å². The third-order valence-corrected chi connectivity index (χ3v) is 4.86. The predicted octanol–water partition coefficient (Wildman–Crippen LogP) is 3.58. The average Bonchev–Trinajstić information content (AvgIpc) is 3.08. The van der Waals surface area contributed by atoms with Crippen LogP contribution in [-0.2, 0) is 6.54 Å². The minimum absolute atomic E-state index is 0. The van der Waals surface area contributed by atoms with Crippen LogP contribution in [0.3, 0.4) is 0 Å². The maximum absolute atomic E-state index is 4.65. The van der Waals surface area contributed by atoms with Crippen LogP contribution in [0.25, 0.3) is 5.65 Å². The zero-order valence-electron chi connectivity index (χ0n) is 15.5. The molecule has 2 heterocycles. The van der Waals surface area contributed by atoms with Gasteiger partial charge in [0.15, 0.2) is 17.4 Å². The van der Waals surface area contributed by atoms with Crippen molar-refractivity contribution in [1.29, 1.82) is 0 Å². The van der Waals surface area contributed by atoms with E-state index < -0.39 is 0 Å². The second-order valence-corrected chi connectivity index (χ2v) is 7.37. The Bertz CT molecular complexity index is 852. The van der Waals surface area contributed by atoms with Crippen LogP contribution in [0.15, 0.2) is 64.6 Å². The Morgan fingerprint density at radius 3 is 2.67 bits per heavy atom. The van der Waals surface area contributed by atoms with Gasteiger partial charge in [0.25, 0.3) is 0 Å². The largest absolute Gasteiger partial charge is 0.357 e. The van der Waals surface area contributed by atoms with E-state index in [1.165, 1.54) is 4.90 Å². The smallest absolute Gasteiger partial charge is 0.191 e. The van der Waals surface area contributed by atoms with Crippen LogP contribution in [0.4, 0.5) is 0 Å². The van der Waals surface area contributed by atoms with Crippen LogP contribution in [0, 0.1) is 0 Å². The second-order valence-electron chi connectivity index (χ2n) is 5.86. The Kier molecular flexibility index (Phi) is 8.86. The minimum Gasteiger partial charge on any atom is -0.357 e. The summed E-state index contributed by atoms with van der Waals surface area (Å²) in [5, 5.41) is 15.5. The van der Waals surface area contributed by atoms with E-state index in [4.69, 9.17) is 0 Å². The fourth-order valence-corrected chi connectivity index (χ4v) is 3.45. The number of aliphatic imine (C=N–C) groups is 1. The van der Waals surface area contributed by atoms with Gasteiger partial charge in [-0.05, 0) is 31.2 Å². The van der Waals surface area contributed by atoms with Crippen LogP contribution < -0.4 is 10.6 Å². The lowest BCUT2D eigenvalue weighted by molar-refractivity contribution is 0.784. The third kappa shape index (κ3) is 6.39. The van der Waals surface area contributed by atoms with Gasteiger partial charge in [-0.15, -0.1) is 45.9 Å². The first-order valence-electron chi connectivity index (χ1n) is 8.79. The molecule has 8 heteroatoms. The number of rotatable bonds is 7. The van der Waals surface area contributed by atoms with E-state index in [1.54, 1.807) is 0 Å². The van der Waals surface area contributed by atoms with Crippen molar-refractivity contribution in [2.45, 2.75) is 30.5 Å². The summed E-state index contributed by atoms with van der Waals surface area (Å²) in [6.07, 6.45) is 1.96. The highest BCUT2D eigenvalue weighted by molar-refractivity contribution is 14.0. The molecule has 0 spiro atoms. The summed E-state index contributed by atoms with van der Waals surface area (Å²) in [6, 6.07) is 16.3. The molecule has 1 aromatic carbocycles. The highest BCUT2D eigenvalue weighted by atomic mass is 127. The lowest BCUT2D eigenvalue weighted by Crippen LogP contribution is -2.40. The maximum Gasteiger partial charge on any atom is 0.191 e. The summed E-state index contributed by atoms with van der Waals surface area (Å²) in [5.41, 5.74) is 0.837. The number of halogens is 1. The molecule has 0 aliphatic heterocycles. The van der Waals surface area contributed by atoms with Gasteiger partial charge in [-0.1, -0.05) is 31.2 Å². The topological polar surface area (TPSA) is 66.6 Å². The molecule has 0 amide bonds. The van der Waals surface area contributed by atoms with Gasteiger partial charge in [-0.2, -0.15) is 0 Å². The summed E-state index contributed by atoms with van der Waals surface area (Å²) >= 11 is 1.85. The van der Waals surface area contributed by atoms with Crippen molar-refractivity contribution < 1.29 is 0 Å². The number of nitrogens with one attached hydrogen (secondary N) is 2. The first-order chi connectivity index (χ1) is 12.8. The molecule has 0 bridgehead atoms. The van der Waals surface area contributed by atoms with Gasteiger partial charge in [-0.25, -0.2) is 4.99 Å². The molecule has 6 nitrogen and oxygen atoms in total. The molecule has 1 atom stereocenters.